The fraction of sp³-hybridized carbons (Fsp3) is 0.500. The summed E-state index contributed by atoms with van der Waals surface area (Å²) < 4.78 is 0. The Labute approximate surface area is 128 Å². The van der Waals surface area contributed by atoms with E-state index in [0.29, 0.717) is 5.92 Å². The molecule has 2 saturated carbocycles. The zero-order chi connectivity index (χ0) is 14.6. The molecule has 1 aromatic rings. The lowest BCUT2D eigenvalue weighted by Crippen LogP contribution is -2.54. The lowest BCUT2D eigenvalue weighted by molar-refractivity contribution is -0.137. The molecule has 4 rings (SSSR count). The molecule has 5 heteroatoms. The number of hydrogen-bond donors (Lipinski definition) is 1. The van der Waals surface area contributed by atoms with Crippen LogP contribution >= 0.6 is 11.6 Å². The third-order valence-corrected chi connectivity index (χ3v) is 5.57. The van der Waals surface area contributed by atoms with Gasteiger partial charge in [-0.2, -0.15) is 0 Å². The summed E-state index contributed by atoms with van der Waals surface area (Å²) in [6, 6.07) is 7.64. The van der Waals surface area contributed by atoms with Crippen molar-refractivity contribution in [2.24, 2.45) is 0 Å². The van der Waals surface area contributed by atoms with Crippen LogP contribution in [0.1, 0.15) is 43.6 Å². The minimum absolute atomic E-state index is 0.0126. The number of amides is 3. The van der Waals surface area contributed by atoms with Gasteiger partial charge in [-0.3, -0.25) is 9.69 Å². The Kier molecular flexibility index (Phi) is 2.80. The van der Waals surface area contributed by atoms with Crippen molar-refractivity contribution in [3.05, 3.63) is 34.9 Å². The molecule has 1 saturated heterocycles. The number of rotatable bonds is 2. The van der Waals surface area contributed by atoms with E-state index in [0.717, 1.165) is 42.7 Å². The van der Waals surface area contributed by atoms with Gasteiger partial charge in [-0.05, 0) is 49.7 Å². The quantitative estimate of drug-likeness (QED) is 0.854. The van der Waals surface area contributed by atoms with Crippen LogP contribution in [0.4, 0.5) is 4.79 Å². The lowest BCUT2D eigenvalue weighted by atomic mass is 9.73. The number of nitrogens with zero attached hydrogens (tertiary/aromatic N) is 1. The summed E-state index contributed by atoms with van der Waals surface area (Å²) >= 11 is 6.21. The van der Waals surface area contributed by atoms with E-state index in [2.05, 4.69) is 5.32 Å². The van der Waals surface area contributed by atoms with Crippen LogP contribution in [0.2, 0.25) is 5.02 Å². The molecule has 1 heterocycles. The van der Waals surface area contributed by atoms with Crippen LogP contribution < -0.4 is 5.32 Å². The van der Waals surface area contributed by atoms with Crippen LogP contribution in [0.25, 0.3) is 0 Å². The molecule has 2 aliphatic carbocycles. The van der Waals surface area contributed by atoms with Gasteiger partial charge < -0.3 is 5.32 Å². The van der Waals surface area contributed by atoms with Crippen LogP contribution in [0.15, 0.2) is 24.3 Å². The molecule has 3 aliphatic rings. The van der Waals surface area contributed by atoms with Gasteiger partial charge in [0.15, 0.2) is 0 Å². The number of urea groups is 1. The van der Waals surface area contributed by atoms with Gasteiger partial charge in [-0.25, -0.2) is 4.79 Å². The molecule has 0 aromatic heterocycles. The number of imide groups is 1. The average Bonchev–Trinajstić information content (AvgIpc) is 2.63. The van der Waals surface area contributed by atoms with Gasteiger partial charge in [0.1, 0.15) is 5.54 Å². The summed E-state index contributed by atoms with van der Waals surface area (Å²) in [6.07, 6.45) is 4.23. The van der Waals surface area contributed by atoms with Gasteiger partial charge in [0.2, 0.25) is 0 Å². The predicted octanol–water partition coefficient (Wildman–Crippen LogP) is 3.06. The number of carbonyl (C=O) groups is 2. The summed E-state index contributed by atoms with van der Waals surface area (Å²) in [5.74, 6) is 0.337. The minimum Gasteiger partial charge on any atom is -0.323 e. The maximum absolute atomic E-state index is 12.5. The van der Waals surface area contributed by atoms with Crippen LogP contribution in [-0.4, -0.2) is 28.4 Å². The van der Waals surface area contributed by atoms with Gasteiger partial charge >= 0.3 is 6.03 Å². The smallest absolute Gasteiger partial charge is 0.323 e. The standard InChI is InChI=1S/C16H17ClN2O2/c17-13-5-2-1-4-12(13)10-8-11(9-10)19-14(20)16(6-3-7-16)18-15(19)21/h1-2,4-5,10-11H,3,6-9H2,(H,18,21). The Bertz CT molecular complexity index is 620. The summed E-state index contributed by atoms with van der Waals surface area (Å²) in [5, 5.41) is 3.66. The molecule has 4 nitrogen and oxygen atoms in total. The summed E-state index contributed by atoms with van der Waals surface area (Å²) in [6.45, 7) is 0. The van der Waals surface area contributed by atoms with Crippen molar-refractivity contribution < 1.29 is 9.59 Å². The Hall–Kier alpha value is -1.55. The Balaban J connectivity index is 1.47. The van der Waals surface area contributed by atoms with Gasteiger partial charge in [-0.15, -0.1) is 0 Å². The zero-order valence-electron chi connectivity index (χ0n) is 11.6. The fourth-order valence-corrected chi connectivity index (χ4v) is 3.99. The van der Waals surface area contributed by atoms with E-state index in [4.69, 9.17) is 11.6 Å². The number of benzene rings is 1. The zero-order valence-corrected chi connectivity index (χ0v) is 12.4. The molecular weight excluding hydrogens is 288 g/mol. The number of nitrogens with one attached hydrogen (secondary N) is 1. The van der Waals surface area contributed by atoms with E-state index in [9.17, 15) is 9.59 Å². The first-order valence-electron chi connectivity index (χ1n) is 7.51. The van der Waals surface area contributed by atoms with Gasteiger partial charge in [-0.1, -0.05) is 29.8 Å². The third-order valence-electron chi connectivity index (χ3n) is 5.22. The number of halogens is 1. The van der Waals surface area contributed by atoms with Crippen molar-refractivity contribution in [1.29, 1.82) is 0 Å². The SMILES string of the molecule is O=C1NC2(CCC2)C(=O)N1C1CC(c2ccccc2Cl)C1. The van der Waals surface area contributed by atoms with E-state index in [1.54, 1.807) is 0 Å². The fourth-order valence-electron chi connectivity index (χ4n) is 3.70. The van der Waals surface area contributed by atoms with Gasteiger partial charge in [0.25, 0.3) is 5.91 Å². The predicted molar refractivity (Wildman–Crippen MR) is 79.2 cm³/mol. The summed E-state index contributed by atoms with van der Waals surface area (Å²) in [5.41, 5.74) is 0.563. The van der Waals surface area contributed by atoms with Gasteiger partial charge in [0.05, 0.1) is 0 Å². The maximum Gasteiger partial charge on any atom is 0.325 e. The molecule has 21 heavy (non-hydrogen) atoms. The highest BCUT2D eigenvalue weighted by Gasteiger charge is 2.57. The third kappa shape index (κ3) is 1.81. The Morgan fingerprint density at radius 3 is 2.48 bits per heavy atom. The summed E-state index contributed by atoms with van der Waals surface area (Å²) in [4.78, 5) is 26.1. The molecule has 1 N–H and O–H groups in total. The normalized spacial score (nSPS) is 30.0. The van der Waals surface area contributed by atoms with Crippen molar-refractivity contribution in [2.75, 3.05) is 0 Å². The van der Waals surface area contributed by atoms with E-state index < -0.39 is 5.54 Å². The van der Waals surface area contributed by atoms with E-state index in [1.807, 2.05) is 24.3 Å². The van der Waals surface area contributed by atoms with Crippen molar-refractivity contribution >= 4 is 23.5 Å². The molecule has 110 valence electrons. The van der Waals surface area contributed by atoms with Gasteiger partial charge in [0, 0.05) is 11.1 Å². The van der Waals surface area contributed by atoms with E-state index >= 15 is 0 Å². The molecule has 3 amide bonds. The molecule has 1 aromatic carbocycles. The lowest BCUT2D eigenvalue weighted by Gasteiger charge is -2.41. The van der Waals surface area contributed by atoms with E-state index in [1.165, 1.54) is 4.90 Å². The minimum atomic E-state index is -0.563. The van der Waals surface area contributed by atoms with Crippen molar-refractivity contribution in [2.45, 2.75) is 49.6 Å². The largest absolute Gasteiger partial charge is 0.325 e. The molecule has 0 radical (unpaired) electrons. The van der Waals surface area contributed by atoms with Crippen LogP contribution in [0, 0.1) is 0 Å². The maximum atomic E-state index is 12.5. The van der Waals surface area contributed by atoms with Crippen LogP contribution in [0.5, 0.6) is 0 Å². The second-order valence-corrected chi connectivity index (χ2v) is 6.79. The van der Waals surface area contributed by atoms with Crippen LogP contribution in [-0.2, 0) is 4.79 Å². The first-order valence-corrected chi connectivity index (χ1v) is 7.89. The first-order chi connectivity index (χ1) is 10.1. The van der Waals surface area contributed by atoms with Crippen molar-refractivity contribution in [3.63, 3.8) is 0 Å². The highest BCUT2D eigenvalue weighted by molar-refractivity contribution is 6.31. The molecule has 0 unspecified atom stereocenters. The molecule has 3 fully saturated rings. The molecule has 1 aliphatic heterocycles. The second-order valence-electron chi connectivity index (χ2n) is 6.38. The van der Waals surface area contributed by atoms with Crippen LogP contribution in [0.3, 0.4) is 0 Å². The number of hydrogen-bond acceptors (Lipinski definition) is 2. The highest BCUT2D eigenvalue weighted by Crippen LogP contribution is 2.46. The molecule has 0 atom stereocenters. The Morgan fingerprint density at radius 1 is 1.19 bits per heavy atom. The summed E-state index contributed by atoms with van der Waals surface area (Å²) in [7, 11) is 0. The molecule has 1 spiro atoms. The van der Waals surface area contributed by atoms with Crippen molar-refractivity contribution in [3.8, 4) is 0 Å². The first kappa shape index (κ1) is 13.1. The number of carbonyl (C=O) groups excluding carboxylic acids is 2. The second kappa shape index (κ2) is 4.47. The van der Waals surface area contributed by atoms with Crippen molar-refractivity contribution in [1.82, 2.24) is 10.2 Å². The highest BCUT2D eigenvalue weighted by atomic mass is 35.5. The molecule has 0 bridgehead atoms. The topological polar surface area (TPSA) is 49.4 Å². The van der Waals surface area contributed by atoms with E-state index in [-0.39, 0.29) is 18.0 Å². The monoisotopic (exact) mass is 304 g/mol. The average molecular weight is 305 g/mol. The Morgan fingerprint density at radius 2 is 1.90 bits per heavy atom. The molecular formula is C16H17ClN2O2.